The molecule has 0 bridgehead atoms. The van der Waals surface area contributed by atoms with E-state index < -0.39 is 40.0 Å². The molecule has 0 spiro atoms. The minimum Gasteiger partial charge on any atom is -0.479 e. The summed E-state index contributed by atoms with van der Waals surface area (Å²) in [5.74, 6) is -2.82. The predicted molar refractivity (Wildman–Crippen MR) is 159 cm³/mol. The first-order valence-electron chi connectivity index (χ1n) is 13.7. The van der Waals surface area contributed by atoms with Gasteiger partial charge < -0.3 is 15.5 Å². The zero-order valence-corrected chi connectivity index (χ0v) is 24.9. The number of aromatic nitrogens is 4. The number of aliphatic hydroxyl groups excluding tert-OH is 1. The van der Waals surface area contributed by atoms with Crippen LogP contribution < -0.4 is 10.0 Å². The first-order chi connectivity index (χ1) is 21.0. The maximum absolute atomic E-state index is 13.2. The molecule has 0 unspecified atom stereocenters. The van der Waals surface area contributed by atoms with E-state index >= 15 is 0 Å². The summed E-state index contributed by atoms with van der Waals surface area (Å²) in [4.78, 5) is 44.8. The highest BCUT2D eigenvalue weighted by Gasteiger charge is 2.29. The van der Waals surface area contributed by atoms with Gasteiger partial charge in [-0.3, -0.25) is 24.2 Å². The van der Waals surface area contributed by atoms with E-state index in [4.69, 9.17) is 0 Å². The molecule has 4 rings (SSSR count). The number of aliphatic hydroxyl groups is 1. The van der Waals surface area contributed by atoms with Crippen molar-refractivity contribution in [1.29, 1.82) is 0 Å². The molecule has 4 aromatic rings. The SMILES string of the molecule is CCCc1cc(C(=O)N[C@H](Cc2ccccc2)[C@@H](O)C(=O)O)nn1Cc1cnc(-c2ccccc2S(=O)(=O)NC(C)=O)cn1. The number of aliphatic carboxylic acids is 1. The van der Waals surface area contributed by atoms with Crippen LogP contribution in [0.15, 0.2) is 78.0 Å². The Balaban J connectivity index is 1.55. The van der Waals surface area contributed by atoms with Gasteiger partial charge in [-0.1, -0.05) is 61.9 Å². The van der Waals surface area contributed by atoms with Crippen molar-refractivity contribution in [2.45, 2.75) is 56.7 Å². The molecule has 0 aliphatic rings. The van der Waals surface area contributed by atoms with Crippen LogP contribution in [0.2, 0.25) is 0 Å². The molecule has 2 aromatic carbocycles. The molecule has 0 saturated heterocycles. The maximum atomic E-state index is 13.2. The Bertz CT molecular complexity index is 1740. The Morgan fingerprint density at radius 3 is 2.34 bits per heavy atom. The highest BCUT2D eigenvalue weighted by atomic mass is 32.2. The normalized spacial score (nSPS) is 12.7. The zero-order valence-electron chi connectivity index (χ0n) is 24.0. The van der Waals surface area contributed by atoms with Crippen molar-refractivity contribution in [2.24, 2.45) is 0 Å². The van der Waals surface area contributed by atoms with E-state index in [1.165, 1.54) is 24.5 Å². The molecule has 2 amide bonds. The van der Waals surface area contributed by atoms with Gasteiger partial charge in [0.05, 0.1) is 41.3 Å². The molecule has 230 valence electrons. The number of hydrogen-bond acceptors (Lipinski definition) is 9. The molecular weight excluding hydrogens is 588 g/mol. The second-order valence-electron chi connectivity index (χ2n) is 10.0. The molecule has 0 radical (unpaired) electrons. The van der Waals surface area contributed by atoms with Crippen LogP contribution in [0.4, 0.5) is 0 Å². The van der Waals surface area contributed by atoms with Crippen LogP contribution in [0.5, 0.6) is 0 Å². The summed E-state index contributed by atoms with van der Waals surface area (Å²) in [5.41, 5.74) is 2.53. The van der Waals surface area contributed by atoms with Crippen molar-refractivity contribution in [1.82, 2.24) is 29.8 Å². The largest absolute Gasteiger partial charge is 0.479 e. The van der Waals surface area contributed by atoms with Gasteiger partial charge in [0.1, 0.15) is 5.69 Å². The molecule has 14 heteroatoms. The van der Waals surface area contributed by atoms with E-state index in [9.17, 15) is 33.0 Å². The number of carbonyl (C=O) groups is 3. The van der Waals surface area contributed by atoms with Crippen molar-refractivity contribution < 1.29 is 33.0 Å². The third-order valence-corrected chi connectivity index (χ3v) is 8.09. The highest BCUT2D eigenvalue weighted by Crippen LogP contribution is 2.25. The predicted octanol–water partition coefficient (Wildman–Crippen LogP) is 1.95. The van der Waals surface area contributed by atoms with Gasteiger partial charge in [0.2, 0.25) is 5.91 Å². The number of benzene rings is 2. The summed E-state index contributed by atoms with van der Waals surface area (Å²) < 4.78 is 28.9. The lowest BCUT2D eigenvalue weighted by Gasteiger charge is -2.21. The number of sulfonamides is 1. The first kappa shape index (κ1) is 32.0. The van der Waals surface area contributed by atoms with Gasteiger partial charge in [0, 0.05) is 18.2 Å². The van der Waals surface area contributed by atoms with E-state index in [-0.39, 0.29) is 34.8 Å². The lowest BCUT2D eigenvalue weighted by molar-refractivity contribution is -0.148. The number of carbonyl (C=O) groups excluding carboxylic acids is 2. The molecule has 13 nitrogen and oxygen atoms in total. The van der Waals surface area contributed by atoms with Crippen LogP contribution in [-0.2, 0) is 39.0 Å². The summed E-state index contributed by atoms with van der Waals surface area (Å²) in [5, 5.41) is 26.7. The lowest BCUT2D eigenvalue weighted by Crippen LogP contribution is -2.48. The fraction of sp³-hybridized carbons (Fsp3) is 0.267. The van der Waals surface area contributed by atoms with Crippen molar-refractivity contribution in [3.63, 3.8) is 0 Å². The summed E-state index contributed by atoms with van der Waals surface area (Å²) in [6.45, 7) is 3.22. The van der Waals surface area contributed by atoms with Gasteiger partial charge >= 0.3 is 5.97 Å². The van der Waals surface area contributed by atoms with Crippen LogP contribution in [0, 0.1) is 0 Å². The molecule has 4 N–H and O–H groups in total. The average Bonchev–Trinajstić information content (AvgIpc) is 3.39. The number of carboxylic acids is 1. The third-order valence-electron chi connectivity index (χ3n) is 6.60. The zero-order chi connectivity index (χ0) is 31.9. The lowest BCUT2D eigenvalue weighted by atomic mass is 10.0. The number of amides is 2. The molecule has 2 atom stereocenters. The van der Waals surface area contributed by atoms with Crippen LogP contribution in [0.1, 0.15) is 47.7 Å². The number of carboxylic acid groups (broad SMARTS) is 1. The van der Waals surface area contributed by atoms with Gasteiger partial charge in [-0.2, -0.15) is 5.10 Å². The Hall–Kier alpha value is -4.95. The molecular formula is C30H32N6O7S. The number of rotatable bonds is 13. The Kier molecular flexibility index (Phi) is 10.2. The quantitative estimate of drug-likeness (QED) is 0.172. The third kappa shape index (κ3) is 7.90. The number of aryl methyl sites for hydroxylation is 1. The number of hydrogen-bond donors (Lipinski definition) is 4. The number of nitrogens with one attached hydrogen (secondary N) is 2. The van der Waals surface area contributed by atoms with Crippen molar-refractivity contribution in [3.8, 4) is 11.3 Å². The molecule has 0 fully saturated rings. The topological polar surface area (TPSA) is 193 Å². The maximum Gasteiger partial charge on any atom is 0.334 e. The molecule has 0 aliphatic carbocycles. The van der Waals surface area contributed by atoms with E-state index in [2.05, 4.69) is 20.4 Å². The molecule has 44 heavy (non-hydrogen) atoms. The number of nitrogens with zero attached hydrogens (tertiary/aromatic N) is 4. The highest BCUT2D eigenvalue weighted by molar-refractivity contribution is 7.90. The van der Waals surface area contributed by atoms with Crippen LogP contribution >= 0.6 is 0 Å². The second kappa shape index (κ2) is 14.0. The van der Waals surface area contributed by atoms with Gasteiger partial charge in [0.15, 0.2) is 6.10 Å². The van der Waals surface area contributed by atoms with Gasteiger partial charge in [-0.05, 0) is 30.5 Å². The average molecular weight is 621 g/mol. The van der Waals surface area contributed by atoms with E-state index in [0.717, 1.165) is 24.6 Å². The molecule has 2 heterocycles. The summed E-state index contributed by atoms with van der Waals surface area (Å²) >= 11 is 0. The summed E-state index contributed by atoms with van der Waals surface area (Å²) in [6.07, 6.45) is 2.49. The van der Waals surface area contributed by atoms with Crippen molar-refractivity contribution >= 4 is 27.8 Å². The Labute approximate surface area is 254 Å². The fourth-order valence-corrected chi connectivity index (χ4v) is 5.78. The van der Waals surface area contributed by atoms with Crippen LogP contribution in [-0.4, -0.2) is 68.3 Å². The smallest absolute Gasteiger partial charge is 0.334 e. The second-order valence-corrected chi connectivity index (χ2v) is 11.7. The fourth-order valence-electron chi connectivity index (χ4n) is 4.57. The van der Waals surface area contributed by atoms with Crippen molar-refractivity contribution in [2.75, 3.05) is 0 Å². The first-order valence-corrected chi connectivity index (χ1v) is 15.2. The minimum absolute atomic E-state index is 0.0470. The van der Waals surface area contributed by atoms with Gasteiger partial charge in [0.25, 0.3) is 15.9 Å². The van der Waals surface area contributed by atoms with Gasteiger partial charge in [-0.25, -0.2) is 17.9 Å². The van der Waals surface area contributed by atoms with E-state index in [1.54, 1.807) is 47.1 Å². The van der Waals surface area contributed by atoms with Crippen LogP contribution in [0.3, 0.4) is 0 Å². The van der Waals surface area contributed by atoms with Crippen molar-refractivity contribution in [3.05, 3.63) is 95.7 Å². The Morgan fingerprint density at radius 1 is 1.00 bits per heavy atom. The van der Waals surface area contributed by atoms with Gasteiger partial charge in [-0.15, -0.1) is 0 Å². The Morgan fingerprint density at radius 2 is 1.70 bits per heavy atom. The standard InChI is InChI=1S/C30H32N6O7S/c1-3-9-22-15-25(29(39)33-24(28(38)30(40)41)14-20-10-5-4-6-11-20)34-36(22)18-21-16-32-26(17-31-21)23-12-7-8-13-27(23)44(42,43)35-19(2)37/h4-8,10-13,15-17,24,28,38H,3,9,14,18H2,1-2H3,(H,33,39)(H,35,37)(H,40,41)/t24-,28-/m1/s1. The van der Waals surface area contributed by atoms with E-state index in [0.29, 0.717) is 12.1 Å². The monoisotopic (exact) mass is 620 g/mol. The minimum atomic E-state index is -4.12. The van der Waals surface area contributed by atoms with Crippen LogP contribution in [0.25, 0.3) is 11.3 Å². The molecule has 0 saturated carbocycles. The van der Waals surface area contributed by atoms with E-state index in [1.807, 2.05) is 17.7 Å². The molecule has 2 aromatic heterocycles. The summed E-state index contributed by atoms with van der Waals surface area (Å²) in [7, 11) is -4.12. The molecule has 0 aliphatic heterocycles. The summed E-state index contributed by atoms with van der Waals surface area (Å²) in [6, 6.07) is 15.5.